The van der Waals surface area contributed by atoms with Crippen molar-refractivity contribution in [2.24, 2.45) is 0 Å². The smallest absolute Gasteiger partial charge is 0.0319 e. The van der Waals surface area contributed by atoms with Gasteiger partial charge in [-0.15, -0.1) is 0 Å². The third-order valence-electron chi connectivity index (χ3n) is 0. The Morgan fingerprint density at radius 2 is 1.25 bits per heavy atom. The van der Waals surface area contributed by atoms with E-state index in [4.69, 9.17) is 5.11 Å². The van der Waals surface area contributed by atoms with E-state index in [-0.39, 0.29) is 80.9 Å². The van der Waals surface area contributed by atoms with Crippen molar-refractivity contribution in [1.29, 1.82) is 0 Å². The maximum absolute atomic E-state index is 7.00. The molecule has 0 fully saturated rings. The predicted molar refractivity (Wildman–Crippen MR) is 19.7 cm³/mol. The van der Waals surface area contributed by atoms with Crippen LogP contribution in [0.25, 0.3) is 0 Å². The fraction of sp³-hybridized carbons (Fsp3) is 1.00. The summed E-state index contributed by atoms with van der Waals surface area (Å²) in [5.74, 6) is 0. The first-order valence-corrected chi connectivity index (χ1v) is 0.447. The monoisotopic (exact) mass is 94.0 g/mol. The Morgan fingerprint density at radius 1 is 1.25 bits per heavy atom. The fourth-order valence-electron chi connectivity index (χ4n) is 0. The molecule has 4 heavy (non-hydrogen) atoms. The zero-order chi connectivity index (χ0) is 2.00. The summed E-state index contributed by atoms with van der Waals surface area (Å²) < 4.78 is 0. The number of hydrogen-bond donors (Lipinski definition) is 1. The van der Waals surface area contributed by atoms with Crippen molar-refractivity contribution in [3.63, 3.8) is 0 Å². The molecule has 0 rings (SSSR count). The minimum atomic E-state index is 0. The zero-order valence-corrected chi connectivity index (χ0v) is 8.57. The molecule has 0 saturated carbocycles. The third kappa shape index (κ3) is 8.82. The Balaban J connectivity index is -0.00000000500. The topological polar surface area (TPSA) is 20.2 Å². The van der Waals surface area contributed by atoms with Gasteiger partial charge in [0.1, 0.15) is 0 Å². The van der Waals surface area contributed by atoms with Gasteiger partial charge in [-0.05, 0) is 0 Å². The minimum Gasteiger partial charge on any atom is -0.400 e. The standard InChI is InChI=1S/CH4O.K.Na/c1-2;;/h2H,1H3;;. The maximum atomic E-state index is 7.00. The first-order valence-electron chi connectivity index (χ1n) is 0.447. The van der Waals surface area contributed by atoms with Crippen molar-refractivity contribution in [2.45, 2.75) is 0 Å². The Labute approximate surface area is 90.9 Å². The minimum absolute atomic E-state index is 0. The summed E-state index contributed by atoms with van der Waals surface area (Å²) in [6.07, 6.45) is 0. The zero-order valence-electron chi connectivity index (χ0n) is 3.45. The van der Waals surface area contributed by atoms with Crippen LogP contribution < -0.4 is 0 Å². The van der Waals surface area contributed by atoms with Crippen molar-refractivity contribution in [2.75, 3.05) is 7.11 Å². The number of hydrogen-bond acceptors (Lipinski definition) is 1. The molecule has 0 saturated heterocycles. The van der Waals surface area contributed by atoms with Gasteiger partial charge in [-0.1, -0.05) is 0 Å². The number of rotatable bonds is 0. The summed E-state index contributed by atoms with van der Waals surface area (Å²) in [6, 6.07) is 0. The fourth-order valence-corrected chi connectivity index (χ4v) is 0. The van der Waals surface area contributed by atoms with Crippen molar-refractivity contribution >= 4 is 80.9 Å². The van der Waals surface area contributed by atoms with Crippen LogP contribution in [-0.4, -0.2) is 93.2 Å². The van der Waals surface area contributed by atoms with Crippen LogP contribution in [0.4, 0.5) is 0 Å². The molecule has 0 aromatic rings. The first-order chi connectivity index (χ1) is 1.00. The van der Waals surface area contributed by atoms with E-state index in [0.29, 0.717) is 0 Å². The molecule has 0 atom stereocenters. The molecule has 16 valence electrons. The van der Waals surface area contributed by atoms with Gasteiger partial charge >= 0.3 is 0 Å². The van der Waals surface area contributed by atoms with Gasteiger partial charge in [-0.2, -0.15) is 0 Å². The van der Waals surface area contributed by atoms with E-state index in [1.807, 2.05) is 0 Å². The molecule has 0 aromatic carbocycles. The van der Waals surface area contributed by atoms with E-state index in [1.165, 1.54) is 0 Å². The third-order valence-corrected chi connectivity index (χ3v) is 0. The molecule has 0 unspecified atom stereocenters. The van der Waals surface area contributed by atoms with Crippen molar-refractivity contribution in [3.8, 4) is 0 Å². The van der Waals surface area contributed by atoms with Crippen LogP contribution in [0, 0.1) is 0 Å². The van der Waals surface area contributed by atoms with E-state index in [2.05, 4.69) is 0 Å². The maximum Gasteiger partial charge on any atom is 0.0319 e. The molecular weight excluding hydrogens is 90.1 g/mol. The largest absolute Gasteiger partial charge is 0.400 e. The van der Waals surface area contributed by atoms with E-state index in [9.17, 15) is 0 Å². The molecule has 1 N–H and O–H groups in total. The van der Waals surface area contributed by atoms with Gasteiger partial charge in [0.2, 0.25) is 0 Å². The van der Waals surface area contributed by atoms with Gasteiger partial charge in [-0.25, -0.2) is 0 Å². The van der Waals surface area contributed by atoms with Crippen LogP contribution in [0.2, 0.25) is 0 Å². The molecule has 0 bridgehead atoms. The summed E-state index contributed by atoms with van der Waals surface area (Å²) in [5, 5.41) is 7.00. The van der Waals surface area contributed by atoms with Crippen molar-refractivity contribution in [1.82, 2.24) is 0 Å². The van der Waals surface area contributed by atoms with Crippen LogP contribution >= 0.6 is 0 Å². The molecule has 0 amide bonds. The average Bonchev–Trinajstić information content (AvgIpc) is 1.00. The summed E-state index contributed by atoms with van der Waals surface area (Å²) >= 11 is 0. The second-order valence-corrected chi connectivity index (χ2v) is 0. The average molecular weight is 94.1 g/mol. The molecule has 2 radical (unpaired) electrons. The summed E-state index contributed by atoms with van der Waals surface area (Å²) in [7, 11) is 1.00. The molecule has 0 aliphatic carbocycles. The predicted octanol–water partition coefficient (Wildman–Crippen LogP) is -1.15. The summed E-state index contributed by atoms with van der Waals surface area (Å²) in [4.78, 5) is 0. The summed E-state index contributed by atoms with van der Waals surface area (Å²) in [6.45, 7) is 0. The normalized spacial score (nSPS) is 1.50. The van der Waals surface area contributed by atoms with Crippen LogP contribution in [0.3, 0.4) is 0 Å². The molecule has 0 spiro atoms. The van der Waals surface area contributed by atoms with Crippen LogP contribution in [0.1, 0.15) is 0 Å². The van der Waals surface area contributed by atoms with Gasteiger partial charge < -0.3 is 5.11 Å². The Hall–Kier alpha value is 2.60. The quantitative estimate of drug-likeness (QED) is 0.376. The molecule has 3 heteroatoms. The Bertz CT molecular complexity index is 8.00. The van der Waals surface area contributed by atoms with Crippen molar-refractivity contribution < 1.29 is 5.11 Å². The van der Waals surface area contributed by atoms with Gasteiger partial charge in [0, 0.05) is 88.1 Å². The summed E-state index contributed by atoms with van der Waals surface area (Å²) in [5.41, 5.74) is 0. The van der Waals surface area contributed by atoms with Crippen LogP contribution in [-0.2, 0) is 0 Å². The van der Waals surface area contributed by atoms with Gasteiger partial charge in [-0.3, -0.25) is 0 Å². The molecule has 1 nitrogen and oxygen atoms in total. The van der Waals surface area contributed by atoms with E-state index in [0.717, 1.165) is 7.11 Å². The van der Waals surface area contributed by atoms with Gasteiger partial charge in [0.25, 0.3) is 0 Å². The molecule has 0 aromatic heterocycles. The van der Waals surface area contributed by atoms with Crippen molar-refractivity contribution in [3.05, 3.63) is 0 Å². The van der Waals surface area contributed by atoms with E-state index >= 15 is 0 Å². The van der Waals surface area contributed by atoms with Gasteiger partial charge in [0.15, 0.2) is 0 Å². The first kappa shape index (κ1) is 16.0. The molecular formula is CH4KNaO. The second kappa shape index (κ2) is 17.5. The number of aliphatic hydroxyl groups excluding tert-OH is 1. The second-order valence-electron chi connectivity index (χ2n) is 0. The SMILES string of the molecule is CO.[K].[Na]. The molecule has 0 heterocycles. The van der Waals surface area contributed by atoms with E-state index in [1.54, 1.807) is 0 Å². The van der Waals surface area contributed by atoms with E-state index < -0.39 is 0 Å². The molecule has 0 aliphatic heterocycles. The van der Waals surface area contributed by atoms with Gasteiger partial charge in [0.05, 0.1) is 0 Å². The van der Waals surface area contributed by atoms with Crippen LogP contribution in [0.5, 0.6) is 0 Å². The Kier molecular flexibility index (Phi) is 70.0. The Morgan fingerprint density at radius 3 is 1.25 bits per heavy atom. The van der Waals surface area contributed by atoms with Crippen LogP contribution in [0.15, 0.2) is 0 Å². The number of aliphatic hydroxyl groups is 1. The molecule has 0 aliphatic rings.